The van der Waals surface area contributed by atoms with Crippen LogP contribution in [0.4, 0.5) is 5.69 Å². The summed E-state index contributed by atoms with van der Waals surface area (Å²) in [5.74, 6) is 0.521. The van der Waals surface area contributed by atoms with Gasteiger partial charge in [0.15, 0.2) is 0 Å². The zero-order valence-corrected chi connectivity index (χ0v) is 14.5. The lowest BCUT2D eigenvalue weighted by Gasteiger charge is -2.27. The van der Waals surface area contributed by atoms with Crippen molar-refractivity contribution in [3.63, 3.8) is 0 Å². The highest BCUT2D eigenvalue weighted by Gasteiger charge is 2.24. The summed E-state index contributed by atoms with van der Waals surface area (Å²) in [5, 5.41) is 2.92. The van der Waals surface area contributed by atoms with Gasteiger partial charge in [0.1, 0.15) is 0 Å². The minimum Gasteiger partial charge on any atom is -0.339 e. The van der Waals surface area contributed by atoms with Crippen LogP contribution in [0, 0.1) is 0 Å². The van der Waals surface area contributed by atoms with E-state index in [0.717, 1.165) is 18.5 Å². The van der Waals surface area contributed by atoms with E-state index < -0.39 is 0 Å². The minimum absolute atomic E-state index is 0.0356. The summed E-state index contributed by atoms with van der Waals surface area (Å²) in [6.45, 7) is 6.40. The second-order valence-corrected chi connectivity index (χ2v) is 6.73. The number of carbonyl (C=O) groups excluding carboxylic acids is 2. The van der Waals surface area contributed by atoms with Crippen molar-refractivity contribution in [2.24, 2.45) is 0 Å². The normalized spacial score (nSPS) is 15.0. The van der Waals surface area contributed by atoms with Gasteiger partial charge in [-0.05, 0) is 36.5 Å². The molecule has 1 saturated carbocycles. The predicted octanol–water partition coefficient (Wildman–Crippen LogP) is 3.93. The second kappa shape index (κ2) is 8.14. The van der Waals surface area contributed by atoms with Gasteiger partial charge in [0.2, 0.25) is 11.8 Å². The molecule has 1 aromatic carbocycles. The lowest BCUT2D eigenvalue weighted by Crippen LogP contribution is -2.39. The van der Waals surface area contributed by atoms with Gasteiger partial charge in [-0.15, -0.1) is 0 Å². The fourth-order valence-electron chi connectivity index (χ4n) is 3.21. The van der Waals surface area contributed by atoms with Gasteiger partial charge in [0, 0.05) is 31.6 Å². The molecule has 2 rings (SSSR count). The molecule has 0 aromatic heterocycles. The zero-order valence-electron chi connectivity index (χ0n) is 14.5. The van der Waals surface area contributed by atoms with Crippen molar-refractivity contribution in [1.29, 1.82) is 0 Å². The lowest BCUT2D eigenvalue weighted by atomic mass is 10.0. The quantitative estimate of drug-likeness (QED) is 0.864. The van der Waals surface area contributed by atoms with E-state index in [9.17, 15) is 9.59 Å². The number of hydrogen-bond donors (Lipinski definition) is 1. The van der Waals surface area contributed by atoms with Crippen LogP contribution in [0.25, 0.3) is 0 Å². The first-order chi connectivity index (χ1) is 11.0. The molecule has 0 aliphatic heterocycles. The van der Waals surface area contributed by atoms with E-state index in [1.807, 2.05) is 29.2 Å². The second-order valence-electron chi connectivity index (χ2n) is 6.73. The lowest BCUT2D eigenvalue weighted by molar-refractivity contribution is -0.131. The summed E-state index contributed by atoms with van der Waals surface area (Å²) in [5.41, 5.74) is 2.07. The molecule has 126 valence electrons. The van der Waals surface area contributed by atoms with Crippen LogP contribution in [0.15, 0.2) is 24.3 Å². The number of amides is 2. The molecular weight excluding hydrogens is 288 g/mol. The van der Waals surface area contributed by atoms with Crippen molar-refractivity contribution in [3.8, 4) is 0 Å². The minimum atomic E-state index is -0.0356. The molecule has 0 heterocycles. The van der Waals surface area contributed by atoms with Crippen molar-refractivity contribution in [2.45, 2.75) is 64.8 Å². The number of carbonyl (C=O) groups is 2. The third-order valence-electron chi connectivity index (χ3n) is 4.61. The molecule has 4 heteroatoms. The number of benzene rings is 1. The standard InChI is InChI=1S/C19H28N2O2/c1-14(2)16-8-10-17(11-9-16)20-19(23)12-13-21(15(3)22)18-6-4-5-7-18/h8-11,14,18H,4-7,12-13H2,1-3H3,(H,20,23). The van der Waals surface area contributed by atoms with Crippen molar-refractivity contribution < 1.29 is 9.59 Å². The molecule has 1 aliphatic rings. The largest absolute Gasteiger partial charge is 0.339 e. The molecule has 4 nitrogen and oxygen atoms in total. The number of rotatable bonds is 6. The first-order valence-corrected chi connectivity index (χ1v) is 8.64. The van der Waals surface area contributed by atoms with Crippen LogP contribution in [0.1, 0.15) is 64.4 Å². The number of hydrogen-bond acceptors (Lipinski definition) is 2. The van der Waals surface area contributed by atoms with Crippen molar-refractivity contribution >= 4 is 17.5 Å². The number of nitrogens with one attached hydrogen (secondary N) is 1. The molecule has 1 N–H and O–H groups in total. The van der Waals surface area contributed by atoms with Crippen LogP contribution in [0.3, 0.4) is 0 Å². The summed E-state index contributed by atoms with van der Waals surface area (Å²) in [7, 11) is 0. The Labute approximate surface area is 139 Å². The highest BCUT2D eigenvalue weighted by Crippen LogP contribution is 2.24. The summed E-state index contributed by atoms with van der Waals surface area (Å²) in [4.78, 5) is 25.8. The third kappa shape index (κ3) is 5.08. The fourth-order valence-corrected chi connectivity index (χ4v) is 3.21. The third-order valence-corrected chi connectivity index (χ3v) is 4.61. The molecule has 1 fully saturated rings. The summed E-state index contributed by atoms with van der Waals surface area (Å²) < 4.78 is 0. The predicted molar refractivity (Wildman–Crippen MR) is 93.4 cm³/mol. The van der Waals surface area contributed by atoms with E-state index in [2.05, 4.69) is 19.2 Å². The van der Waals surface area contributed by atoms with Crippen molar-refractivity contribution in [2.75, 3.05) is 11.9 Å². The molecule has 0 spiro atoms. The van der Waals surface area contributed by atoms with Gasteiger partial charge in [-0.3, -0.25) is 9.59 Å². The first kappa shape index (κ1) is 17.5. The van der Waals surface area contributed by atoms with Gasteiger partial charge < -0.3 is 10.2 Å². The van der Waals surface area contributed by atoms with Gasteiger partial charge in [0.25, 0.3) is 0 Å². The van der Waals surface area contributed by atoms with Gasteiger partial charge in [-0.2, -0.15) is 0 Å². The highest BCUT2D eigenvalue weighted by molar-refractivity contribution is 5.91. The van der Waals surface area contributed by atoms with E-state index in [-0.39, 0.29) is 11.8 Å². The first-order valence-electron chi connectivity index (χ1n) is 8.64. The average molecular weight is 316 g/mol. The Balaban J connectivity index is 1.84. The molecule has 0 radical (unpaired) electrons. The van der Waals surface area contributed by atoms with E-state index in [1.54, 1.807) is 6.92 Å². The molecular formula is C19H28N2O2. The molecule has 1 aromatic rings. The Morgan fingerprint density at radius 3 is 2.30 bits per heavy atom. The summed E-state index contributed by atoms with van der Waals surface area (Å²) in [6, 6.07) is 8.28. The van der Waals surface area contributed by atoms with Crippen LogP contribution in [0.5, 0.6) is 0 Å². The molecule has 0 bridgehead atoms. The number of nitrogens with zero attached hydrogens (tertiary/aromatic N) is 1. The summed E-state index contributed by atoms with van der Waals surface area (Å²) >= 11 is 0. The van der Waals surface area contributed by atoms with Crippen LogP contribution < -0.4 is 5.32 Å². The van der Waals surface area contributed by atoms with Crippen LogP contribution in [0.2, 0.25) is 0 Å². The number of anilines is 1. The van der Waals surface area contributed by atoms with Gasteiger partial charge in [0.05, 0.1) is 0 Å². The van der Waals surface area contributed by atoms with E-state index in [4.69, 9.17) is 0 Å². The zero-order chi connectivity index (χ0) is 16.8. The van der Waals surface area contributed by atoms with Crippen molar-refractivity contribution in [3.05, 3.63) is 29.8 Å². The Kier molecular flexibility index (Phi) is 6.20. The maximum Gasteiger partial charge on any atom is 0.226 e. The SMILES string of the molecule is CC(=O)N(CCC(=O)Nc1ccc(C(C)C)cc1)C1CCCC1. The van der Waals surface area contributed by atoms with E-state index in [1.165, 1.54) is 18.4 Å². The van der Waals surface area contributed by atoms with Crippen LogP contribution >= 0.6 is 0 Å². The van der Waals surface area contributed by atoms with Gasteiger partial charge in [-0.25, -0.2) is 0 Å². The van der Waals surface area contributed by atoms with E-state index in [0.29, 0.717) is 24.9 Å². The van der Waals surface area contributed by atoms with Crippen LogP contribution in [-0.4, -0.2) is 29.3 Å². The maximum atomic E-state index is 12.1. The monoisotopic (exact) mass is 316 g/mol. The molecule has 0 saturated heterocycles. The van der Waals surface area contributed by atoms with Crippen LogP contribution in [-0.2, 0) is 9.59 Å². The molecule has 23 heavy (non-hydrogen) atoms. The Morgan fingerprint density at radius 2 is 1.78 bits per heavy atom. The Morgan fingerprint density at radius 1 is 1.17 bits per heavy atom. The smallest absolute Gasteiger partial charge is 0.226 e. The molecule has 1 aliphatic carbocycles. The molecule has 2 amide bonds. The Bertz CT molecular complexity index is 531. The maximum absolute atomic E-state index is 12.1. The molecule has 0 atom stereocenters. The van der Waals surface area contributed by atoms with Crippen molar-refractivity contribution in [1.82, 2.24) is 4.90 Å². The fraction of sp³-hybridized carbons (Fsp3) is 0.579. The average Bonchev–Trinajstić information content (AvgIpc) is 3.01. The molecule has 0 unspecified atom stereocenters. The summed E-state index contributed by atoms with van der Waals surface area (Å²) in [6.07, 6.45) is 4.85. The Hall–Kier alpha value is -1.84. The topological polar surface area (TPSA) is 49.4 Å². The van der Waals surface area contributed by atoms with Gasteiger partial charge in [-0.1, -0.05) is 38.8 Å². The van der Waals surface area contributed by atoms with E-state index >= 15 is 0 Å². The highest BCUT2D eigenvalue weighted by atomic mass is 16.2. The van der Waals surface area contributed by atoms with Gasteiger partial charge >= 0.3 is 0 Å².